The Morgan fingerprint density at radius 3 is 2.46 bits per heavy atom. The van der Waals surface area contributed by atoms with Gasteiger partial charge in [0.05, 0.1) is 11.4 Å². The van der Waals surface area contributed by atoms with E-state index in [0.29, 0.717) is 0 Å². The molecule has 0 saturated heterocycles. The maximum absolute atomic E-state index is 4.73. The van der Waals surface area contributed by atoms with E-state index in [2.05, 4.69) is 66.2 Å². The number of aryl methyl sites for hydroxylation is 5. The van der Waals surface area contributed by atoms with Crippen LogP contribution in [0.5, 0.6) is 0 Å². The van der Waals surface area contributed by atoms with Crippen molar-refractivity contribution in [3.05, 3.63) is 34.4 Å². The summed E-state index contributed by atoms with van der Waals surface area (Å²) in [5.41, 5.74) is 5.93. The van der Waals surface area contributed by atoms with Gasteiger partial charge in [-0.15, -0.1) is 24.0 Å². The zero-order chi connectivity index (χ0) is 20.0. The van der Waals surface area contributed by atoms with E-state index in [1.165, 1.54) is 17.0 Å². The van der Waals surface area contributed by atoms with Gasteiger partial charge in [0, 0.05) is 44.1 Å². The number of rotatable bonds is 8. The molecule has 2 N–H and O–H groups in total. The second-order valence-corrected chi connectivity index (χ2v) is 7.29. The van der Waals surface area contributed by atoms with Gasteiger partial charge >= 0.3 is 0 Å². The summed E-state index contributed by atoms with van der Waals surface area (Å²) in [5.74, 6) is 0.873. The molecular formula is C20H36IN7. The van der Waals surface area contributed by atoms with Crippen molar-refractivity contribution in [1.29, 1.82) is 0 Å². The first-order valence-electron chi connectivity index (χ1n) is 9.86. The van der Waals surface area contributed by atoms with Gasteiger partial charge in [-0.2, -0.15) is 10.2 Å². The van der Waals surface area contributed by atoms with E-state index < -0.39 is 0 Å². The number of nitrogens with one attached hydrogen (secondary N) is 2. The zero-order valence-electron chi connectivity index (χ0n) is 18.3. The van der Waals surface area contributed by atoms with E-state index in [4.69, 9.17) is 4.99 Å². The number of halogens is 1. The quantitative estimate of drug-likeness (QED) is 0.253. The zero-order valence-corrected chi connectivity index (χ0v) is 20.7. The molecule has 2 rings (SSSR count). The van der Waals surface area contributed by atoms with Crippen LogP contribution in [0, 0.1) is 27.7 Å². The van der Waals surface area contributed by atoms with Crippen molar-refractivity contribution in [2.45, 2.75) is 67.0 Å². The predicted molar refractivity (Wildman–Crippen MR) is 127 cm³/mol. The van der Waals surface area contributed by atoms with Crippen molar-refractivity contribution < 1.29 is 0 Å². The average molecular weight is 501 g/mol. The van der Waals surface area contributed by atoms with Crippen molar-refractivity contribution in [2.24, 2.45) is 12.0 Å². The summed E-state index contributed by atoms with van der Waals surface area (Å²) in [6.07, 6.45) is 1.90. The Bertz CT molecular complexity index is 776. The molecule has 0 aliphatic rings. The number of nitrogens with zero attached hydrogens (tertiary/aromatic N) is 5. The number of aromatic nitrogens is 4. The highest BCUT2D eigenvalue weighted by Crippen LogP contribution is 2.14. The van der Waals surface area contributed by atoms with Gasteiger partial charge in [0.1, 0.15) is 0 Å². The number of aliphatic imine (C=N–C) groups is 1. The van der Waals surface area contributed by atoms with Gasteiger partial charge in [0.15, 0.2) is 5.96 Å². The van der Waals surface area contributed by atoms with E-state index in [-0.39, 0.29) is 30.0 Å². The fraction of sp³-hybridized carbons (Fsp3) is 0.650. The van der Waals surface area contributed by atoms with Gasteiger partial charge in [-0.05, 0) is 66.0 Å². The number of hydrogen-bond acceptors (Lipinski definition) is 3. The molecule has 1 atom stereocenters. The van der Waals surface area contributed by atoms with Gasteiger partial charge in [0.25, 0.3) is 0 Å². The van der Waals surface area contributed by atoms with Crippen LogP contribution >= 0.6 is 24.0 Å². The van der Waals surface area contributed by atoms with Crippen LogP contribution in [0.25, 0.3) is 0 Å². The van der Waals surface area contributed by atoms with Crippen LogP contribution in [0.4, 0.5) is 0 Å². The molecule has 2 aromatic heterocycles. The van der Waals surface area contributed by atoms with Gasteiger partial charge in [-0.1, -0.05) is 0 Å². The molecule has 8 heteroatoms. The van der Waals surface area contributed by atoms with Gasteiger partial charge in [0.2, 0.25) is 0 Å². The van der Waals surface area contributed by atoms with E-state index in [0.717, 1.165) is 49.8 Å². The fourth-order valence-corrected chi connectivity index (χ4v) is 3.34. The topological polar surface area (TPSA) is 72.1 Å². The molecule has 2 aromatic rings. The minimum atomic E-state index is 0. The fourth-order valence-electron chi connectivity index (χ4n) is 3.34. The minimum absolute atomic E-state index is 0. The van der Waals surface area contributed by atoms with Crippen LogP contribution in [-0.2, 0) is 20.0 Å². The van der Waals surface area contributed by atoms with Crippen molar-refractivity contribution >= 4 is 29.9 Å². The lowest BCUT2D eigenvalue weighted by Gasteiger charge is -2.18. The Balaban J connectivity index is 0.00000392. The van der Waals surface area contributed by atoms with Crippen LogP contribution < -0.4 is 10.6 Å². The second-order valence-electron chi connectivity index (χ2n) is 7.29. The van der Waals surface area contributed by atoms with Crippen LogP contribution in [0.15, 0.2) is 11.1 Å². The Morgan fingerprint density at radius 1 is 1.21 bits per heavy atom. The highest BCUT2D eigenvalue weighted by molar-refractivity contribution is 14.0. The van der Waals surface area contributed by atoms with Crippen LogP contribution in [0.1, 0.15) is 48.6 Å². The van der Waals surface area contributed by atoms with Crippen LogP contribution in [0.3, 0.4) is 0 Å². The molecule has 0 spiro atoms. The van der Waals surface area contributed by atoms with Crippen molar-refractivity contribution in [3.63, 3.8) is 0 Å². The maximum Gasteiger partial charge on any atom is 0.191 e. The number of hydrogen-bond donors (Lipinski definition) is 2. The van der Waals surface area contributed by atoms with Crippen molar-refractivity contribution in [1.82, 2.24) is 30.2 Å². The lowest BCUT2D eigenvalue weighted by molar-refractivity contribution is 0.565. The molecule has 0 aliphatic carbocycles. The molecule has 0 bridgehead atoms. The van der Waals surface area contributed by atoms with Crippen LogP contribution in [-0.4, -0.2) is 44.7 Å². The molecular weight excluding hydrogens is 465 g/mol. The summed E-state index contributed by atoms with van der Waals surface area (Å²) in [6, 6.07) is 2.39. The third kappa shape index (κ3) is 6.79. The van der Waals surface area contributed by atoms with E-state index >= 15 is 0 Å². The average Bonchev–Trinajstić information content (AvgIpc) is 3.04. The van der Waals surface area contributed by atoms with E-state index in [9.17, 15) is 0 Å². The normalized spacial score (nSPS) is 12.6. The Hall–Kier alpha value is -1.58. The standard InChI is InChI=1S/C20H35N7.HI/c1-8-21-20(22-10-9-11-27-16(4)12-15(3)24-27)23-14(2)13-19-17(5)25-26(7)18(19)6;/h12,14H,8-11,13H2,1-7H3,(H2,21,22,23);1H. The summed E-state index contributed by atoms with van der Waals surface area (Å²) in [6.45, 7) is 15.1. The molecule has 1 unspecified atom stereocenters. The molecule has 0 fully saturated rings. The third-order valence-electron chi connectivity index (χ3n) is 4.80. The third-order valence-corrected chi connectivity index (χ3v) is 4.80. The van der Waals surface area contributed by atoms with E-state index in [1.807, 2.05) is 18.7 Å². The molecule has 0 aliphatic heterocycles. The monoisotopic (exact) mass is 501 g/mol. The predicted octanol–water partition coefficient (Wildman–Crippen LogP) is 3.04. The minimum Gasteiger partial charge on any atom is -0.357 e. The van der Waals surface area contributed by atoms with Crippen LogP contribution in [0.2, 0.25) is 0 Å². The second kappa shape index (κ2) is 11.4. The summed E-state index contributed by atoms with van der Waals surface area (Å²) < 4.78 is 4.01. The molecule has 0 saturated carbocycles. The number of guanidine groups is 1. The molecule has 28 heavy (non-hydrogen) atoms. The highest BCUT2D eigenvalue weighted by atomic mass is 127. The molecule has 7 nitrogen and oxygen atoms in total. The molecule has 2 heterocycles. The molecule has 0 radical (unpaired) electrons. The first-order valence-corrected chi connectivity index (χ1v) is 9.86. The summed E-state index contributed by atoms with van der Waals surface area (Å²) in [7, 11) is 2.00. The first-order chi connectivity index (χ1) is 12.8. The summed E-state index contributed by atoms with van der Waals surface area (Å²) >= 11 is 0. The maximum atomic E-state index is 4.73. The Kier molecular flexibility index (Phi) is 9.98. The largest absolute Gasteiger partial charge is 0.357 e. The first kappa shape index (κ1) is 24.5. The summed E-state index contributed by atoms with van der Waals surface area (Å²) in [4.78, 5) is 4.73. The lowest BCUT2D eigenvalue weighted by atomic mass is 10.1. The van der Waals surface area contributed by atoms with E-state index in [1.54, 1.807) is 0 Å². The lowest BCUT2D eigenvalue weighted by Crippen LogP contribution is -2.43. The van der Waals surface area contributed by atoms with Gasteiger partial charge in [-0.25, -0.2) is 0 Å². The highest BCUT2D eigenvalue weighted by Gasteiger charge is 2.14. The van der Waals surface area contributed by atoms with Crippen molar-refractivity contribution in [3.8, 4) is 0 Å². The van der Waals surface area contributed by atoms with Gasteiger partial charge < -0.3 is 10.6 Å². The molecule has 0 amide bonds. The Morgan fingerprint density at radius 2 is 1.93 bits per heavy atom. The Labute approximate surface area is 186 Å². The van der Waals surface area contributed by atoms with Gasteiger partial charge in [-0.3, -0.25) is 14.4 Å². The summed E-state index contributed by atoms with van der Waals surface area (Å²) in [5, 5.41) is 15.9. The molecule has 158 valence electrons. The molecule has 0 aromatic carbocycles. The smallest absolute Gasteiger partial charge is 0.191 e. The SMILES string of the molecule is CCNC(=NCCCn1nc(C)cc1C)NC(C)Cc1c(C)nn(C)c1C.I. The van der Waals surface area contributed by atoms with Crippen molar-refractivity contribution in [2.75, 3.05) is 13.1 Å².